The number of aromatic nitrogens is 2. The van der Waals surface area contributed by atoms with Gasteiger partial charge in [-0.3, -0.25) is 23.9 Å². The molecule has 1 aliphatic heterocycles. The molecule has 1 N–H and O–H groups in total. The Morgan fingerprint density at radius 1 is 1.13 bits per heavy atom. The number of benzene rings is 1. The zero-order valence-electron chi connectivity index (χ0n) is 27.5. The molecule has 0 spiro atoms. The molecule has 1 aliphatic carbocycles. The Morgan fingerprint density at radius 2 is 1.89 bits per heavy atom. The molecule has 14 heteroatoms. The van der Waals surface area contributed by atoms with Gasteiger partial charge >= 0.3 is 0 Å². The van der Waals surface area contributed by atoms with Gasteiger partial charge in [-0.15, -0.1) is 0 Å². The van der Waals surface area contributed by atoms with Crippen molar-refractivity contribution in [3.63, 3.8) is 0 Å². The highest BCUT2D eigenvalue weighted by Gasteiger charge is 2.35. The summed E-state index contributed by atoms with van der Waals surface area (Å²) in [5.41, 5.74) is 2.21. The van der Waals surface area contributed by atoms with E-state index >= 15 is 0 Å². The lowest BCUT2D eigenvalue weighted by atomic mass is 9.89. The lowest BCUT2D eigenvalue weighted by molar-refractivity contribution is -0.134. The first-order chi connectivity index (χ1) is 21.8. The van der Waals surface area contributed by atoms with E-state index in [0.717, 1.165) is 23.9 Å². The molecule has 2 aliphatic rings. The number of fused-ring (bicyclic) bond motifs is 1. The van der Waals surface area contributed by atoms with Gasteiger partial charge in [0.05, 0.1) is 18.0 Å². The number of hydrogen-bond donors (Lipinski definition) is 1. The third kappa shape index (κ3) is 8.52. The molecular weight excluding hydrogens is 612 g/mol. The fourth-order valence-electron chi connectivity index (χ4n) is 6.01. The number of nitrogens with one attached hydrogen (secondary N) is 1. The Labute approximate surface area is 271 Å². The van der Waals surface area contributed by atoms with Gasteiger partial charge in [-0.1, -0.05) is 19.9 Å². The van der Waals surface area contributed by atoms with E-state index in [2.05, 4.69) is 24.3 Å². The lowest BCUT2D eigenvalue weighted by Crippen LogP contribution is -2.48. The molecule has 46 heavy (non-hydrogen) atoms. The summed E-state index contributed by atoms with van der Waals surface area (Å²) in [5.74, 6) is -0.977. The molecule has 252 valence electrons. The SMILES string of the molecule is COCCN1CC(=O)NCCN(C(=O)c2cccc(S(C)(=O)=O)c2)CCC(=O)N(CCC(C)C)C2CCc3c(c(nn3C)C1=O)C2. The fourth-order valence-corrected chi connectivity index (χ4v) is 6.68. The Kier molecular flexibility index (Phi) is 11.6. The van der Waals surface area contributed by atoms with E-state index in [-0.39, 0.29) is 74.1 Å². The van der Waals surface area contributed by atoms with Crippen molar-refractivity contribution >= 4 is 33.5 Å². The number of ether oxygens (including phenoxy) is 1. The topological polar surface area (TPSA) is 151 Å². The standard InChI is InChI=1S/C32H46N6O7S/c1-22(2)11-15-38-24-9-10-27-26(20-24)30(34-35(27)3)32(42)37(17-18-45-4)21-28(39)33-13-16-36(14-12-29(38)40)31(41)23-7-6-8-25(19-23)46(5,43)44/h6-8,19,22,24H,9-18,20-21H2,1-5H3,(H,33,39). The van der Waals surface area contributed by atoms with E-state index in [0.29, 0.717) is 37.4 Å². The summed E-state index contributed by atoms with van der Waals surface area (Å²) in [6.07, 6.45) is 3.73. The minimum atomic E-state index is -3.55. The summed E-state index contributed by atoms with van der Waals surface area (Å²) in [5, 5.41) is 7.37. The number of amides is 4. The maximum Gasteiger partial charge on any atom is 0.275 e. The van der Waals surface area contributed by atoms with Crippen LogP contribution in [0.2, 0.25) is 0 Å². The summed E-state index contributed by atoms with van der Waals surface area (Å²) >= 11 is 0. The Bertz CT molecular complexity index is 1550. The number of carbonyl (C=O) groups is 4. The zero-order chi connectivity index (χ0) is 33.6. The largest absolute Gasteiger partial charge is 0.383 e. The average molecular weight is 659 g/mol. The molecule has 13 nitrogen and oxygen atoms in total. The van der Waals surface area contributed by atoms with Crippen molar-refractivity contribution < 1.29 is 32.3 Å². The van der Waals surface area contributed by atoms with Crippen molar-refractivity contribution in [3.05, 3.63) is 46.8 Å². The van der Waals surface area contributed by atoms with Crippen molar-refractivity contribution in [2.45, 2.75) is 56.9 Å². The minimum Gasteiger partial charge on any atom is -0.383 e. The quantitative estimate of drug-likeness (QED) is 0.446. The molecule has 1 atom stereocenters. The maximum atomic E-state index is 13.9. The summed E-state index contributed by atoms with van der Waals surface area (Å²) in [4.78, 5) is 59.4. The highest BCUT2D eigenvalue weighted by atomic mass is 32.2. The monoisotopic (exact) mass is 658 g/mol. The second-order valence-corrected chi connectivity index (χ2v) is 14.5. The fraction of sp³-hybridized carbons (Fsp3) is 0.594. The Balaban J connectivity index is 1.69. The van der Waals surface area contributed by atoms with Crippen LogP contribution in [0.25, 0.3) is 0 Å². The third-order valence-corrected chi connectivity index (χ3v) is 9.73. The summed E-state index contributed by atoms with van der Waals surface area (Å²) in [6, 6.07) is 5.65. The molecule has 4 amide bonds. The summed E-state index contributed by atoms with van der Waals surface area (Å²) in [6.45, 7) is 5.16. The number of methoxy groups -OCH3 is 1. The highest BCUT2D eigenvalue weighted by molar-refractivity contribution is 7.90. The van der Waals surface area contributed by atoms with Crippen LogP contribution in [0.3, 0.4) is 0 Å². The molecular formula is C32H46N6O7S. The zero-order valence-corrected chi connectivity index (χ0v) is 28.3. The number of rotatable bonds is 8. The third-order valence-electron chi connectivity index (χ3n) is 8.62. The van der Waals surface area contributed by atoms with Crippen molar-refractivity contribution in [2.75, 3.05) is 59.2 Å². The van der Waals surface area contributed by atoms with E-state index in [1.54, 1.807) is 4.68 Å². The first-order valence-electron chi connectivity index (χ1n) is 15.8. The second kappa shape index (κ2) is 15.2. The van der Waals surface area contributed by atoms with Crippen molar-refractivity contribution in [3.8, 4) is 0 Å². The molecule has 0 radical (unpaired) electrons. The second-order valence-electron chi connectivity index (χ2n) is 12.5. The van der Waals surface area contributed by atoms with E-state index < -0.39 is 21.7 Å². The molecule has 2 aromatic rings. The van der Waals surface area contributed by atoms with Gasteiger partial charge in [0.1, 0.15) is 0 Å². The molecule has 0 saturated heterocycles. The van der Waals surface area contributed by atoms with Crippen molar-refractivity contribution in [1.82, 2.24) is 29.8 Å². The normalized spacial score (nSPS) is 18.7. The lowest BCUT2D eigenvalue weighted by Gasteiger charge is -2.36. The number of sulfone groups is 1. The molecule has 2 bridgehead atoms. The van der Waals surface area contributed by atoms with Gasteiger partial charge in [-0.25, -0.2) is 8.42 Å². The van der Waals surface area contributed by atoms with Crippen LogP contribution in [-0.2, 0) is 44.1 Å². The van der Waals surface area contributed by atoms with Gasteiger partial charge in [0.2, 0.25) is 11.8 Å². The van der Waals surface area contributed by atoms with E-state index in [1.807, 2.05) is 11.9 Å². The van der Waals surface area contributed by atoms with Gasteiger partial charge in [0.25, 0.3) is 11.8 Å². The molecule has 1 aromatic carbocycles. The summed E-state index contributed by atoms with van der Waals surface area (Å²) < 4.78 is 31.3. The first-order valence-corrected chi connectivity index (χ1v) is 17.7. The number of carbonyl (C=O) groups excluding carboxylic acids is 4. The number of aryl methyl sites for hydroxylation is 1. The van der Waals surface area contributed by atoms with Gasteiger partial charge < -0.3 is 24.8 Å². The smallest absolute Gasteiger partial charge is 0.275 e. The molecule has 0 saturated carbocycles. The summed E-state index contributed by atoms with van der Waals surface area (Å²) in [7, 11) is -0.218. The van der Waals surface area contributed by atoms with Crippen LogP contribution in [0.15, 0.2) is 29.2 Å². The molecule has 2 heterocycles. The predicted octanol–water partition coefficient (Wildman–Crippen LogP) is 1.31. The van der Waals surface area contributed by atoms with Gasteiger partial charge in [-0.05, 0) is 49.8 Å². The van der Waals surface area contributed by atoms with Crippen LogP contribution in [-0.4, -0.2) is 122 Å². The van der Waals surface area contributed by atoms with Gasteiger partial charge in [0.15, 0.2) is 15.5 Å². The van der Waals surface area contributed by atoms with Crippen molar-refractivity contribution in [2.24, 2.45) is 13.0 Å². The van der Waals surface area contributed by atoms with E-state index in [1.165, 1.54) is 41.2 Å². The maximum absolute atomic E-state index is 13.9. The Morgan fingerprint density at radius 3 is 2.59 bits per heavy atom. The molecule has 4 rings (SSSR count). The number of hydrogen-bond acceptors (Lipinski definition) is 8. The van der Waals surface area contributed by atoms with Crippen LogP contribution in [0, 0.1) is 5.92 Å². The molecule has 1 aromatic heterocycles. The number of nitrogens with zero attached hydrogens (tertiary/aromatic N) is 5. The van der Waals surface area contributed by atoms with Crippen LogP contribution in [0.4, 0.5) is 0 Å². The molecule has 0 fully saturated rings. The molecule has 1 unspecified atom stereocenters. The van der Waals surface area contributed by atoms with E-state index in [4.69, 9.17) is 4.74 Å². The van der Waals surface area contributed by atoms with E-state index in [9.17, 15) is 27.6 Å². The average Bonchev–Trinajstić information content (AvgIpc) is 3.34. The van der Waals surface area contributed by atoms with Gasteiger partial charge in [0, 0.05) is 82.4 Å². The van der Waals surface area contributed by atoms with Crippen LogP contribution < -0.4 is 5.32 Å². The van der Waals surface area contributed by atoms with Crippen LogP contribution in [0.5, 0.6) is 0 Å². The van der Waals surface area contributed by atoms with Gasteiger partial charge in [-0.2, -0.15) is 5.10 Å². The Hall–Kier alpha value is -3.78. The minimum absolute atomic E-state index is 0.0178. The van der Waals surface area contributed by atoms with Crippen LogP contribution >= 0.6 is 0 Å². The highest BCUT2D eigenvalue weighted by Crippen LogP contribution is 2.29. The first kappa shape index (κ1) is 35.1. The predicted molar refractivity (Wildman–Crippen MR) is 171 cm³/mol. The van der Waals surface area contributed by atoms with Crippen LogP contribution in [0.1, 0.15) is 65.2 Å². The van der Waals surface area contributed by atoms with Crippen molar-refractivity contribution in [1.29, 1.82) is 0 Å².